The number of likely N-dealkylation sites (tertiary alicyclic amines) is 1. The van der Waals surface area contributed by atoms with Gasteiger partial charge in [-0.15, -0.1) is 6.42 Å². The number of anilines is 1. The second-order valence-electron chi connectivity index (χ2n) is 6.19. The van der Waals surface area contributed by atoms with Gasteiger partial charge in [-0.3, -0.25) is 9.59 Å². The van der Waals surface area contributed by atoms with E-state index in [1.54, 1.807) is 29.2 Å². The molecule has 1 unspecified atom stereocenters. The summed E-state index contributed by atoms with van der Waals surface area (Å²) in [6.07, 6.45) is 7.19. The van der Waals surface area contributed by atoms with Crippen LogP contribution >= 0.6 is 0 Å². The predicted octanol–water partition coefficient (Wildman–Crippen LogP) is 1.80. The van der Waals surface area contributed by atoms with E-state index in [9.17, 15) is 14.0 Å². The third kappa shape index (κ3) is 4.61. The Morgan fingerprint density at radius 2 is 2.07 bits per heavy atom. The number of aromatic nitrogens is 1. The Balaban J connectivity index is 1.57. The highest BCUT2D eigenvalue weighted by molar-refractivity contribution is 5.94. The van der Waals surface area contributed by atoms with Gasteiger partial charge in [-0.1, -0.05) is 18.1 Å². The van der Waals surface area contributed by atoms with Gasteiger partial charge in [0, 0.05) is 19.3 Å². The average molecular weight is 366 g/mol. The first kappa shape index (κ1) is 18.4. The number of terminal acetylenes is 1. The normalized spacial score (nSPS) is 16.1. The van der Waals surface area contributed by atoms with Crippen LogP contribution in [-0.2, 0) is 11.3 Å². The minimum Gasteiger partial charge on any atom is -0.358 e. The fourth-order valence-corrected chi connectivity index (χ4v) is 2.87. The lowest BCUT2D eigenvalue weighted by Crippen LogP contribution is -2.33. The quantitative estimate of drug-likeness (QED) is 0.765. The summed E-state index contributed by atoms with van der Waals surface area (Å²) in [5, 5.41) is 5.66. The molecular formula is C20H19FN4O2. The molecule has 0 aliphatic carbocycles. The first-order valence-corrected chi connectivity index (χ1v) is 8.54. The summed E-state index contributed by atoms with van der Waals surface area (Å²) < 4.78 is 13.0. The summed E-state index contributed by atoms with van der Waals surface area (Å²) in [6, 6.07) is 9.02. The molecule has 0 spiro atoms. The topological polar surface area (TPSA) is 74.3 Å². The van der Waals surface area contributed by atoms with Crippen molar-refractivity contribution in [2.75, 3.05) is 18.4 Å². The first-order valence-electron chi connectivity index (χ1n) is 8.54. The smallest absolute Gasteiger partial charge is 0.253 e. The summed E-state index contributed by atoms with van der Waals surface area (Å²) in [7, 11) is 0. The molecule has 7 heteroatoms. The lowest BCUT2D eigenvalue weighted by molar-refractivity contribution is -0.128. The molecule has 6 nitrogen and oxygen atoms in total. The van der Waals surface area contributed by atoms with Crippen molar-refractivity contribution in [1.82, 2.24) is 15.2 Å². The van der Waals surface area contributed by atoms with Crippen LogP contribution in [0, 0.1) is 18.2 Å². The molecule has 1 atom stereocenters. The number of nitrogens with zero attached hydrogens (tertiary/aromatic N) is 2. The van der Waals surface area contributed by atoms with Gasteiger partial charge in [0.05, 0.1) is 12.1 Å². The number of nitrogens with one attached hydrogen (secondary N) is 2. The Morgan fingerprint density at radius 3 is 2.74 bits per heavy atom. The molecule has 2 amide bonds. The van der Waals surface area contributed by atoms with Crippen molar-refractivity contribution in [3.05, 3.63) is 59.5 Å². The highest BCUT2D eigenvalue weighted by Gasteiger charge is 2.31. The summed E-state index contributed by atoms with van der Waals surface area (Å²) in [5.41, 5.74) is 1.28. The molecule has 0 saturated carbocycles. The molecule has 3 rings (SSSR count). The molecule has 2 N–H and O–H groups in total. The summed E-state index contributed by atoms with van der Waals surface area (Å²) in [6.45, 7) is 1.21. The van der Waals surface area contributed by atoms with Crippen molar-refractivity contribution in [1.29, 1.82) is 0 Å². The Labute approximate surface area is 156 Å². The maximum Gasteiger partial charge on any atom is 0.253 e. The van der Waals surface area contributed by atoms with Gasteiger partial charge in [-0.2, -0.15) is 0 Å². The van der Waals surface area contributed by atoms with Gasteiger partial charge >= 0.3 is 0 Å². The van der Waals surface area contributed by atoms with Crippen LogP contribution in [0.25, 0.3) is 0 Å². The van der Waals surface area contributed by atoms with Crippen molar-refractivity contribution in [2.24, 2.45) is 0 Å². The van der Waals surface area contributed by atoms with Crippen molar-refractivity contribution in [3.8, 4) is 12.3 Å². The zero-order valence-corrected chi connectivity index (χ0v) is 14.6. The van der Waals surface area contributed by atoms with E-state index in [1.165, 1.54) is 18.3 Å². The monoisotopic (exact) mass is 366 g/mol. The highest BCUT2D eigenvalue weighted by atomic mass is 19.1. The summed E-state index contributed by atoms with van der Waals surface area (Å²) in [5.74, 6) is 2.23. The van der Waals surface area contributed by atoms with E-state index in [1.807, 2.05) is 0 Å². The zero-order valence-electron chi connectivity index (χ0n) is 14.6. The van der Waals surface area contributed by atoms with Crippen molar-refractivity contribution in [2.45, 2.75) is 19.0 Å². The van der Waals surface area contributed by atoms with E-state index >= 15 is 0 Å². The Kier molecular flexibility index (Phi) is 5.67. The second-order valence-corrected chi connectivity index (χ2v) is 6.19. The molecule has 1 aliphatic heterocycles. The summed E-state index contributed by atoms with van der Waals surface area (Å²) >= 11 is 0. The average Bonchev–Trinajstić information content (AvgIpc) is 3.02. The number of pyridine rings is 1. The Bertz CT molecular complexity index is 859. The number of hydrogen-bond acceptors (Lipinski definition) is 4. The first-order chi connectivity index (χ1) is 13.1. The van der Waals surface area contributed by atoms with Gasteiger partial charge in [0.15, 0.2) is 0 Å². The predicted molar refractivity (Wildman–Crippen MR) is 99.2 cm³/mol. The SMILES string of the molecule is C#CCNC(=O)c1ccc(NC2CCN(Cc3ccc(F)cc3)C2=O)nc1. The van der Waals surface area contributed by atoms with Crippen LogP contribution < -0.4 is 10.6 Å². The van der Waals surface area contributed by atoms with E-state index in [4.69, 9.17) is 6.42 Å². The molecule has 1 aliphatic rings. The van der Waals surface area contributed by atoms with Gasteiger partial charge in [-0.05, 0) is 36.2 Å². The van der Waals surface area contributed by atoms with Crippen LogP contribution in [0.15, 0.2) is 42.6 Å². The van der Waals surface area contributed by atoms with Gasteiger partial charge in [0.25, 0.3) is 5.91 Å². The minimum absolute atomic E-state index is 0.0306. The van der Waals surface area contributed by atoms with Gasteiger partial charge in [0.2, 0.25) is 5.91 Å². The molecular weight excluding hydrogens is 347 g/mol. The van der Waals surface area contributed by atoms with Gasteiger partial charge in [-0.25, -0.2) is 9.37 Å². The van der Waals surface area contributed by atoms with Crippen LogP contribution in [0.2, 0.25) is 0 Å². The third-order valence-corrected chi connectivity index (χ3v) is 4.28. The number of hydrogen-bond donors (Lipinski definition) is 2. The Morgan fingerprint density at radius 1 is 1.30 bits per heavy atom. The number of carbonyl (C=O) groups excluding carboxylic acids is 2. The number of benzene rings is 1. The highest BCUT2D eigenvalue weighted by Crippen LogP contribution is 2.19. The minimum atomic E-state index is -0.376. The number of carbonyl (C=O) groups is 2. The molecule has 2 aromatic rings. The van der Waals surface area contributed by atoms with Crippen LogP contribution in [0.3, 0.4) is 0 Å². The van der Waals surface area contributed by atoms with Crippen molar-refractivity contribution < 1.29 is 14.0 Å². The lowest BCUT2D eigenvalue weighted by atomic mass is 10.2. The van der Waals surface area contributed by atoms with E-state index in [0.29, 0.717) is 30.9 Å². The molecule has 1 aromatic heterocycles. The van der Waals surface area contributed by atoms with Crippen LogP contribution in [-0.4, -0.2) is 40.8 Å². The molecule has 1 fully saturated rings. The molecule has 2 heterocycles. The van der Waals surface area contributed by atoms with Crippen molar-refractivity contribution in [3.63, 3.8) is 0 Å². The van der Waals surface area contributed by atoms with Crippen LogP contribution in [0.4, 0.5) is 10.2 Å². The third-order valence-electron chi connectivity index (χ3n) is 4.28. The number of halogens is 1. The zero-order chi connectivity index (χ0) is 19.2. The maximum atomic E-state index is 13.0. The van der Waals surface area contributed by atoms with E-state index in [2.05, 4.69) is 21.5 Å². The lowest BCUT2D eigenvalue weighted by Gasteiger charge is -2.17. The fourth-order valence-electron chi connectivity index (χ4n) is 2.87. The molecule has 27 heavy (non-hydrogen) atoms. The largest absolute Gasteiger partial charge is 0.358 e. The fraction of sp³-hybridized carbons (Fsp3) is 0.250. The Hall–Kier alpha value is -3.40. The number of amides is 2. The molecule has 1 aromatic carbocycles. The molecule has 1 saturated heterocycles. The number of rotatable bonds is 6. The van der Waals surface area contributed by atoms with Crippen LogP contribution in [0.5, 0.6) is 0 Å². The molecule has 0 radical (unpaired) electrons. The standard InChI is InChI=1S/C20H19FN4O2/c1-2-10-22-19(26)15-5-8-18(23-12-15)24-17-9-11-25(20(17)27)13-14-3-6-16(21)7-4-14/h1,3-8,12,17H,9-11,13H2,(H,22,26)(H,23,24). The van der Waals surface area contributed by atoms with E-state index < -0.39 is 0 Å². The second kappa shape index (κ2) is 8.32. The molecule has 138 valence electrons. The van der Waals surface area contributed by atoms with Gasteiger partial charge in [0.1, 0.15) is 17.7 Å². The maximum absolute atomic E-state index is 13.0. The summed E-state index contributed by atoms with van der Waals surface area (Å²) in [4.78, 5) is 30.3. The molecule has 0 bridgehead atoms. The van der Waals surface area contributed by atoms with E-state index in [0.717, 1.165) is 5.56 Å². The van der Waals surface area contributed by atoms with Gasteiger partial charge < -0.3 is 15.5 Å². The van der Waals surface area contributed by atoms with Crippen LogP contribution in [0.1, 0.15) is 22.3 Å². The van der Waals surface area contributed by atoms with E-state index in [-0.39, 0.29) is 30.2 Å². The van der Waals surface area contributed by atoms with Crippen molar-refractivity contribution >= 4 is 17.6 Å².